The molecule has 0 aliphatic carbocycles. The Kier molecular flexibility index (Phi) is 6.73. The lowest BCUT2D eigenvalue weighted by Crippen LogP contribution is -2.24. The molecule has 0 unspecified atom stereocenters. The molecule has 1 N–H and O–H groups in total. The number of halogens is 3. The predicted molar refractivity (Wildman–Crippen MR) is 90.8 cm³/mol. The number of hydrogen-bond donors (Lipinski definition) is 1. The highest BCUT2D eigenvalue weighted by molar-refractivity contribution is 7.13. The molecule has 0 saturated carbocycles. The van der Waals surface area contributed by atoms with E-state index < -0.39 is 17.6 Å². The van der Waals surface area contributed by atoms with Gasteiger partial charge >= 0.3 is 12.1 Å². The smallest absolute Gasteiger partial charge is 0.416 e. The van der Waals surface area contributed by atoms with Crippen LogP contribution >= 0.6 is 11.3 Å². The third kappa shape index (κ3) is 5.55. The number of methoxy groups -OCH3 is 1. The Balaban J connectivity index is 1.93. The third-order valence-corrected chi connectivity index (χ3v) is 4.39. The van der Waals surface area contributed by atoms with Gasteiger partial charge in [0.25, 0.3) is 5.91 Å². The molecule has 0 radical (unpaired) electrons. The normalized spacial score (nSPS) is 11.2. The number of ether oxygens (including phenoxy) is 1. The number of rotatable bonds is 7. The van der Waals surface area contributed by atoms with Crippen molar-refractivity contribution >= 4 is 23.2 Å². The van der Waals surface area contributed by atoms with Gasteiger partial charge in [-0.05, 0) is 25.0 Å². The summed E-state index contributed by atoms with van der Waals surface area (Å²) in [6, 6.07) is 4.82. The van der Waals surface area contributed by atoms with Crippen LogP contribution in [0.4, 0.5) is 13.2 Å². The van der Waals surface area contributed by atoms with Crippen molar-refractivity contribution in [2.45, 2.75) is 25.4 Å². The van der Waals surface area contributed by atoms with Crippen LogP contribution < -0.4 is 5.32 Å². The largest absolute Gasteiger partial charge is 0.469 e. The van der Waals surface area contributed by atoms with Crippen LogP contribution in [0.3, 0.4) is 0 Å². The first kappa shape index (κ1) is 19.9. The van der Waals surface area contributed by atoms with Crippen molar-refractivity contribution in [3.63, 3.8) is 0 Å². The van der Waals surface area contributed by atoms with Crippen molar-refractivity contribution in [1.29, 1.82) is 0 Å². The molecule has 1 aromatic carbocycles. The third-order valence-electron chi connectivity index (χ3n) is 3.49. The number of amides is 1. The van der Waals surface area contributed by atoms with Gasteiger partial charge in [0.05, 0.1) is 12.7 Å². The number of benzene rings is 1. The topological polar surface area (TPSA) is 68.3 Å². The van der Waals surface area contributed by atoms with E-state index in [1.165, 1.54) is 24.6 Å². The number of aromatic nitrogens is 1. The molecule has 1 heterocycles. The van der Waals surface area contributed by atoms with Gasteiger partial charge in [-0.25, -0.2) is 4.98 Å². The summed E-state index contributed by atoms with van der Waals surface area (Å²) in [7, 11) is 1.31. The molecule has 5 nitrogen and oxygen atoms in total. The van der Waals surface area contributed by atoms with Crippen LogP contribution in [0, 0.1) is 0 Å². The first-order valence-corrected chi connectivity index (χ1v) is 8.67. The van der Waals surface area contributed by atoms with E-state index in [1.807, 2.05) is 0 Å². The monoisotopic (exact) mass is 386 g/mol. The minimum atomic E-state index is -4.43. The van der Waals surface area contributed by atoms with Gasteiger partial charge in [-0.1, -0.05) is 12.1 Å². The lowest BCUT2D eigenvalue weighted by atomic mass is 10.1. The van der Waals surface area contributed by atoms with Gasteiger partial charge in [0.1, 0.15) is 10.7 Å². The lowest BCUT2D eigenvalue weighted by molar-refractivity contribution is -0.140. The van der Waals surface area contributed by atoms with Crippen molar-refractivity contribution in [1.82, 2.24) is 10.3 Å². The van der Waals surface area contributed by atoms with Gasteiger partial charge < -0.3 is 10.1 Å². The molecule has 26 heavy (non-hydrogen) atoms. The molecular weight excluding hydrogens is 369 g/mol. The Hall–Kier alpha value is -2.42. The van der Waals surface area contributed by atoms with E-state index in [0.717, 1.165) is 23.5 Å². The molecule has 0 aliphatic rings. The number of carbonyl (C=O) groups excluding carboxylic acids is 2. The molecular formula is C17H17F3N2O3S. The van der Waals surface area contributed by atoms with E-state index in [2.05, 4.69) is 15.0 Å². The van der Waals surface area contributed by atoms with Crippen LogP contribution in [-0.4, -0.2) is 30.5 Å². The van der Waals surface area contributed by atoms with Gasteiger partial charge in [0.2, 0.25) is 0 Å². The number of esters is 1. The zero-order valence-electron chi connectivity index (χ0n) is 13.9. The van der Waals surface area contributed by atoms with Crippen LogP contribution in [0.1, 0.15) is 35.3 Å². The molecule has 0 spiro atoms. The van der Waals surface area contributed by atoms with Crippen LogP contribution in [0.5, 0.6) is 0 Å². The van der Waals surface area contributed by atoms with E-state index in [0.29, 0.717) is 30.0 Å². The Bertz CT molecular complexity index is 775. The second kappa shape index (κ2) is 8.79. The molecule has 2 aromatic rings. The fourth-order valence-corrected chi connectivity index (χ4v) is 2.93. The summed E-state index contributed by atoms with van der Waals surface area (Å²) < 4.78 is 42.9. The maximum atomic E-state index is 12.8. The highest BCUT2D eigenvalue weighted by Crippen LogP contribution is 2.33. The molecule has 0 aliphatic heterocycles. The molecule has 0 atom stereocenters. The summed E-state index contributed by atoms with van der Waals surface area (Å²) in [6.45, 7) is 0.367. The fraction of sp³-hybridized carbons (Fsp3) is 0.353. The van der Waals surface area contributed by atoms with Gasteiger partial charge in [-0.3, -0.25) is 9.59 Å². The van der Waals surface area contributed by atoms with E-state index in [-0.39, 0.29) is 18.1 Å². The number of nitrogens with one attached hydrogen (secondary N) is 1. The molecule has 1 amide bonds. The predicted octanol–water partition coefficient (Wildman–Crippen LogP) is 3.90. The zero-order chi connectivity index (χ0) is 19.2. The molecule has 140 valence electrons. The highest BCUT2D eigenvalue weighted by Gasteiger charge is 2.30. The van der Waals surface area contributed by atoms with Gasteiger partial charge in [0.15, 0.2) is 0 Å². The SMILES string of the molecule is COC(=O)CCCCNC(=O)c1csc(-c2cccc(C(F)(F)F)c2)n1. The maximum absolute atomic E-state index is 12.8. The van der Waals surface area contributed by atoms with E-state index in [1.54, 1.807) is 0 Å². The number of nitrogens with zero attached hydrogens (tertiary/aromatic N) is 1. The van der Waals surface area contributed by atoms with Gasteiger partial charge in [-0.2, -0.15) is 13.2 Å². The maximum Gasteiger partial charge on any atom is 0.416 e. The minimum absolute atomic E-state index is 0.148. The molecule has 0 fully saturated rings. The lowest BCUT2D eigenvalue weighted by Gasteiger charge is -2.07. The second-order valence-corrected chi connectivity index (χ2v) is 6.26. The van der Waals surface area contributed by atoms with Gasteiger partial charge in [-0.15, -0.1) is 11.3 Å². The Labute approximate surface area is 152 Å². The van der Waals surface area contributed by atoms with Crippen molar-refractivity contribution in [3.8, 4) is 10.6 Å². The van der Waals surface area contributed by atoms with Crippen LogP contribution in [0.2, 0.25) is 0 Å². The number of thiazole rings is 1. The van der Waals surface area contributed by atoms with Crippen molar-refractivity contribution in [2.75, 3.05) is 13.7 Å². The zero-order valence-corrected chi connectivity index (χ0v) is 14.7. The molecule has 0 saturated heterocycles. The van der Waals surface area contributed by atoms with Crippen LogP contribution in [-0.2, 0) is 15.7 Å². The summed E-state index contributed by atoms with van der Waals surface area (Å²) in [5, 5.41) is 4.50. The highest BCUT2D eigenvalue weighted by atomic mass is 32.1. The molecule has 2 rings (SSSR count). The number of alkyl halides is 3. The summed E-state index contributed by atoms with van der Waals surface area (Å²) in [5.41, 5.74) is -0.306. The molecule has 9 heteroatoms. The minimum Gasteiger partial charge on any atom is -0.469 e. The summed E-state index contributed by atoms with van der Waals surface area (Å²) in [5.74, 6) is -0.709. The van der Waals surface area contributed by atoms with E-state index >= 15 is 0 Å². The first-order chi connectivity index (χ1) is 12.3. The van der Waals surface area contributed by atoms with Crippen molar-refractivity contribution < 1.29 is 27.5 Å². The average molecular weight is 386 g/mol. The number of hydrogen-bond acceptors (Lipinski definition) is 5. The summed E-state index contributed by atoms with van der Waals surface area (Å²) >= 11 is 1.10. The summed E-state index contributed by atoms with van der Waals surface area (Å²) in [6.07, 6.45) is -2.97. The second-order valence-electron chi connectivity index (χ2n) is 5.41. The van der Waals surface area contributed by atoms with E-state index in [9.17, 15) is 22.8 Å². The van der Waals surface area contributed by atoms with E-state index in [4.69, 9.17) is 0 Å². The average Bonchev–Trinajstić information content (AvgIpc) is 3.10. The number of unbranched alkanes of at least 4 members (excludes halogenated alkanes) is 1. The number of carbonyl (C=O) groups is 2. The van der Waals surface area contributed by atoms with Crippen molar-refractivity contribution in [2.24, 2.45) is 0 Å². The molecule has 1 aromatic heterocycles. The van der Waals surface area contributed by atoms with Crippen molar-refractivity contribution in [3.05, 3.63) is 40.9 Å². The van der Waals surface area contributed by atoms with Gasteiger partial charge in [0, 0.05) is 23.9 Å². The molecule has 0 bridgehead atoms. The fourth-order valence-electron chi connectivity index (χ4n) is 2.13. The van der Waals surface area contributed by atoms with Crippen LogP contribution in [0.25, 0.3) is 10.6 Å². The Morgan fingerprint density at radius 1 is 1.27 bits per heavy atom. The summed E-state index contributed by atoms with van der Waals surface area (Å²) in [4.78, 5) is 27.1. The Morgan fingerprint density at radius 2 is 2.04 bits per heavy atom. The Morgan fingerprint density at radius 3 is 2.73 bits per heavy atom. The van der Waals surface area contributed by atoms with Crippen LogP contribution in [0.15, 0.2) is 29.6 Å². The standard InChI is InChI=1S/C17H17F3N2O3S/c1-25-14(23)7-2-3-8-21-15(24)13-10-26-16(22-13)11-5-4-6-12(9-11)17(18,19)20/h4-6,9-10H,2-3,7-8H2,1H3,(H,21,24). The first-order valence-electron chi connectivity index (χ1n) is 7.79. The quantitative estimate of drug-likeness (QED) is 0.579.